The standard InChI is InChI=1S/C18H18N2OS/c1-12-7-3-4-8-14(12)11-22-13(2)17-19-16-10-6-5-9-15(16)18(21)20-17/h3-10,13H,11H2,1-2H3,(H,19,20,21)/t13-/m0/s1. The Labute approximate surface area is 133 Å². The molecule has 112 valence electrons. The Bertz CT molecular complexity index is 857. The second kappa shape index (κ2) is 6.36. The lowest BCUT2D eigenvalue weighted by Gasteiger charge is -2.12. The first-order valence-electron chi connectivity index (χ1n) is 7.30. The van der Waals surface area contributed by atoms with Crippen LogP contribution in [0.4, 0.5) is 0 Å². The van der Waals surface area contributed by atoms with E-state index in [-0.39, 0.29) is 10.8 Å². The zero-order valence-electron chi connectivity index (χ0n) is 12.7. The molecule has 1 atom stereocenters. The van der Waals surface area contributed by atoms with E-state index in [1.54, 1.807) is 17.8 Å². The fourth-order valence-electron chi connectivity index (χ4n) is 2.36. The smallest absolute Gasteiger partial charge is 0.258 e. The largest absolute Gasteiger partial charge is 0.309 e. The van der Waals surface area contributed by atoms with Crippen LogP contribution in [-0.4, -0.2) is 9.97 Å². The molecule has 1 aromatic heterocycles. The Morgan fingerprint density at radius 1 is 1.14 bits per heavy atom. The summed E-state index contributed by atoms with van der Waals surface area (Å²) in [4.78, 5) is 19.6. The van der Waals surface area contributed by atoms with Crippen LogP contribution in [0, 0.1) is 6.92 Å². The molecule has 1 heterocycles. The van der Waals surface area contributed by atoms with Gasteiger partial charge in [-0.1, -0.05) is 36.4 Å². The van der Waals surface area contributed by atoms with Crippen molar-refractivity contribution < 1.29 is 0 Å². The number of rotatable bonds is 4. The van der Waals surface area contributed by atoms with Crippen LogP contribution in [-0.2, 0) is 5.75 Å². The summed E-state index contributed by atoms with van der Waals surface area (Å²) in [6, 6.07) is 15.8. The van der Waals surface area contributed by atoms with E-state index in [2.05, 4.69) is 48.1 Å². The van der Waals surface area contributed by atoms with Crippen molar-refractivity contribution in [3.63, 3.8) is 0 Å². The summed E-state index contributed by atoms with van der Waals surface area (Å²) in [7, 11) is 0. The molecule has 0 amide bonds. The minimum absolute atomic E-state index is 0.0658. The molecule has 0 bridgehead atoms. The SMILES string of the molecule is Cc1ccccc1CS[C@@H](C)c1nc2ccccc2c(=O)[nH]1. The first-order chi connectivity index (χ1) is 10.6. The second-order valence-electron chi connectivity index (χ2n) is 5.35. The number of aromatic nitrogens is 2. The molecule has 3 aromatic rings. The third-order valence-electron chi connectivity index (χ3n) is 3.77. The van der Waals surface area contributed by atoms with Crippen molar-refractivity contribution in [3.05, 3.63) is 75.8 Å². The Morgan fingerprint density at radius 3 is 2.68 bits per heavy atom. The second-order valence-corrected chi connectivity index (χ2v) is 6.68. The van der Waals surface area contributed by atoms with Crippen LogP contribution < -0.4 is 5.56 Å². The van der Waals surface area contributed by atoms with Gasteiger partial charge < -0.3 is 4.98 Å². The number of fused-ring (bicyclic) bond motifs is 1. The maximum Gasteiger partial charge on any atom is 0.258 e. The quantitative estimate of drug-likeness (QED) is 0.784. The molecule has 2 aromatic carbocycles. The predicted octanol–water partition coefficient (Wildman–Crippen LogP) is 4.23. The Hall–Kier alpha value is -2.07. The number of thioether (sulfide) groups is 1. The van der Waals surface area contributed by atoms with Crippen LogP contribution in [0.2, 0.25) is 0 Å². The summed E-state index contributed by atoms with van der Waals surface area (Å²) in [5, 5.41) is 0.777. The Morgan fingerprint density at radius 2 is 1.86 bits per heavy atom. The van der Waals surface area contributed by atoms with Crippen LogP contribution in [0.3, 0.4) is 0 Å². The van der Waals surface area contributed by atoms with Crippen LogP contribution in [0.25, 0.3) is 10.9 Å². The molecule has 3 rings (SSSR count). The molecule has 0 aliphatic carbocycles. The molecule has 0 radical (unpaired) electrons. The van der Waals surface area contributed by atoms with Crippen molar-refractivity contribution in [2.24, 2.45) is 0 Å². The van der Waals surface area contributed by atoms with Gasteiger partial charge in [0.25, 0.3) is 5.56 Å². The van der Waals surface area contributed by atoms with E-state index < -0.39 is 0 Å². The maximum atomic E-state index is 12.1. The average molecular weight is 310 g/mol. The maximum absolute atomic E-state index is 12.1. The number of aromatic amines is 1. The normalized spacial score (nSPS) is 12.5. The summed E-state index contributed by atoms with van der Waals surface area (Å²) < 4.78 is 0. The highest BCUT2D eigenvalue weighted by Gasteiger charge is 2.12. The van der Waals surface area contributed by atoms with Crippen molar-refractivity contribution in [3.8, 4) is 0 Å². The number of nitrogens with one attached hydrogen (secondary N) is 1. The van der Waals surface area contributed by atoms with E-state index in [1.807, 2.05) is 18.2 Å². The highest BCUT2D eigenvalue weighted by atomic mass is 32.2. The predicted molar refractivity (Wildman–Crippen MR) is 93.3 cm³/mol. The van der Waals surface area contributed by atoms with Crippen molar-refractivity contribution >= 4 is 22.7 Å². The van der Waals surface area contributed by atoms with Gasteiger partial charge in [-0.2, -0.15) is 0 Å². The highest BCUT2D eigenvalue weighted by molar-refractivity contribution is 7.98. The number of hydrogen-bond acceptors (Lipinski definition) is 3. The number of H-pyrrole nitrogens is 1. The molecule has 3 nitrogen and oxygen atoms in total. The fourth-order valence-corrected chi connectivity index (χ4v) is 3.39. The van der Waals surface area contributed by atoms with Gasteiger partial charge in [0, 0.05) is 5.75 Å². The lowest BCUT2D eigenvalue weighted by Crippen LogP contribution is -2.12. The van der Waals surface area contributed by atoms with E-state index in [1.165, 1.54) is 11.1 Å². The average Bonchev–Trinajstić information content (AvgIpc) is 2.54. The molecule has 0 saturated carbocycles. The number of hydrogen-bond donors (Lipinski definition) is 1. The van der Waals surface area contributed by atoms with Gasteiger partial charge in [0.1, 0.15) is 5.82 Å². The fraction of sp³-hybridized carbons (Fsp3) is 0.222. The highest BCUT2D eigenvalue weighted by Crippen LogP contribution is 2.29. The van der Waals surface area contributed by atoms with Gasteiger partial charge in [0.05, 0.1) is 16.2 Å². The summed E-state index contributed by atoms with van der Waals surface area (Å²) in [6.45, 7) is 4.20. The van der Waals surface area contributed by atoms with Crippen LogP contribution in [0.1, 0.15) is 29.1 Å². The summed E-state index contributed by atoms with van der Waals surface area (Å²) >= 11 is 1.78. The molecular weight excluding hydrogens is 292 g/mol. The third kappa shape index (κ3) is 3.07. The molecule has 0 saturated heterocycles. The van der Waals surface area contributed by atoms with Gasteiger partial charge in [0.2, 0.25) is 0 Å². The number of aryl methyl sites for hydroxylation is 1. The molecular formula is C18H18N2OS. The van der Waals surface area contributed by atoms with Crippen molar-refractivity contribution in [2.75, 3.05) is 0 Å². The van der Waals surface area contributed by atoms with Crippen molar-refractivity contribution in [2.45, 2.75) is 24.9 Å². The van der Waals surface area contributed by atoms with Crippen molar-refractivity contribution in [1.82, 2.24) is 9.97 Å². The molecule has 0 spiro atoms. The Balaban J connectivity index is 1.82. The number of nitrogens with zero attached hydrogens (tertiary/aromatic N) is 1. The van der Waals surface area contributed by atoms with Crippen LogP contribution in [0.5, 0.6) is 0 Å². The molecule has 22 heavy (non-hydrogen) atoms. The van der Waals surface area contributed by atoms with E-state index in [9.17, 15) is 4.79 Å². The van der Waals surface area contributed by atoms with Gasteiger partial charge in [-0.25, -0.2) is 4.98 Å². The van der Waals surface area contributed by atoms with E-state index >= 15 is 0 Å². The van der Waals surface area contributed by atoms with E-state index in [0.717, 1.165) is 17.1 Å². The molecule has 0 aliphatic rings. The third-order valence-corrected chi connectivity index (χ3v) is 4.97. The van der Waals surface area contributed by atoms with E-state index in [4.69, 9.17) is 0 Å². The van der Waals surface area contributed by atoms with Gasteiger partial charge in [-0.05, 0) is 37.1 Å². The van der Waals surface area contributed by atoms with Crippen LogP contribution >= 0.6 is 11.8 Å². The number of para-hydroxylation sites is 1. The minimum atomic E-state index is -0.0658. The molecule has 4 heteroatoms. The molecule has 0 unspecified atom stereocenters. The van der Waals surface area contributed by atoms with Crippen LogP contribution in [0.15, 0.2) is 53.3 Å². The first-order valence-corrected chi connectivity index (χ1v) is 8.35. The van der Waals surface area contributed by atoms with Gasteiger partial charge in [-0.3, -0.25) is 4.79 Å². The van der Waals surface area contributed by atoms with Gasteiger partial charge in [-0.15, -0.1) is 11.8 Å². The lowest BCUT2D eigenvalue weighted by molar-refractivity contribution is 0.922. The minimum Gasteiger partial charge on any atom is -0.309 e. The molecule has 1 N–H and O–H groups in total. The monoisotopic (exact) mass is 310 g/mol. The van der Waals surface area contributed by atoms with E-state index in [0.29, 0.717) is 5.39 Å². The summed E-state index contributed by atoms with van der Waals surface area (Å²) in [6.07, 6.45) is 0. The topological polar surface area (TPSA) is 45.8 Å². The molecule has 0 aliphatic heterocycles. The first kappa shape index (κ1) is 14.9. The molecule has 0 fully saturated rings. The zero-order chi connectivity index (χ0) is 15.5. The van der Waals surface area contributed by atoms with Crippen molar-refractivity contribution in [1.29, 1.82) is 0 Å². The van der Waals surface area contributed by atoms with Gasteiger partial charge in [0.15, 0.2) is 0 Å². The summed E-state index contributed by atoms with van der Waals surface area (Å²) in [5.41, 5.74) is 3.30. The Kier molecular flexibility index (Phi) is 4.29. The van der Waals surface area contributed by atoms with Gasteiger partial charge >= 0.3 is 0 Å². The summed E-state index contributed by atoms with van der Waals surface area (Å²) in [5.74, 6) is 1.65. The number of benzene rings is 2. The zero-order valence-corrected chi connectivity index (χ0v) is 13.5. The lowest BCUT2D eigenvalue weighted by atomic mass is 10.1.